The molecule has 1 aliphatic heterocycles. The summed E-state index contributed by atoms with van der Waals surface area (Å²) in [6, 6.07) is 6.28. The number of nitrogens with one attached hydrogen (secondary N) is 1. The van der Waals surface area contributed by atoms with Crippen LogP contribution in [-0.4, -0.2) is 30.0 Å². The fraction of sp³-hybridized carbons (Fsp3) is 0.600. The van der Waals surface area contributed by atoms with E-state index in [2.05, 4.69) is 5.32 Å². The van der Waals surface area contributed by atoms with Gasteiger partial charge in [-0.25, -0.2) is 4.39 Å². The largest absolute Gasteiger partial charge is 0.385 e. The second-order valence-corrected chi connectivity index (χ2v) is 5.66. The molecule has 1 heterocycles. The van der Waals surface area contributed by atoms with E-state index in [0.29, 0.717) is 12.5 Å². The minimum Gasteiger partial charge on any atom is -0.385 e. The van der Waals surface area contributed by atoms with E-state index >= 15 is 0 Å². The van der Waals surface area contributed by atoms with Gasteiger partial charge in [0.05, 0.1) is 12.6 Å². The van der Waals surface area contributed by atoms with Gasteiger partial charge in [-0.2, -0.15) is 0 Å². The van der Waals surface area contributed by atoms with Crippen molar-refractivity contribution >= 4 is 5.69 Å². The average Bonchev–Trinajstić information content (AvgIpc) is 2.42. The molecule has 1 aromatic carbocycles. The third-order valence-electron chi connectivity index (χ3n) is 4.48. The minimum absolute atomic E-state index is 0.0167. The van der Waals surface area contributed by atoms with Crippen molar-refractivity contribution in [2.24, 2.45) is 5.92 Å². The molecule has 0 amide bonds. The molecule has 104 valence electrons. The van der Waals surface area contributed by atoms with Crippen LogP contribution in [0.25, 0.3) is 0 Å². The summed E-state index contributed by atoms with van der Waals surface area (Å²) in [5.74, 6) is 0.0692. The highest BCUT2D eigenvalue weighted by molar-refractivity contribution is 5.44. The van der Waals surface area contributed by atoms with E-state index < -0.39 is 5.60 Å². The fourth-order valence-electron chi connectivity index (χ4n) is 3.37. The zero-order chi connectivity index (χ0) is 13.3. The monoisotopic (exact) mass is 265 g/mol. The zero-order valence-electron chi connectivity index (χ0n) is 10.9. The van der Waals surface area contributed by atoms with E-state index in [1.807, 2.05) is 0 Å². The van der Waals surface area contributed by atoms with Gasteiger partial charge >= 0.3 is 0 Å². The first-order chi connectivity index (χ1) is 9.18. The predicted octanol–water partition coefficient (Wildman–Crippen LogP) is 2.56. The lowest BCUT2D eigenvalue weighted by Gasteiger charge is -2.48. The maximum Gasteiger partial charge on any atom is 0.123 e. The molecular weight excluding hydrogens is 245 g/mol. The molecule has 0 unspecified atom stereocenters. The van der Waals surface area contributed by atoms with Crippen molar-refractivity contribution in [3.05, 3.63) is 30.1 Å². The van der Waals surface area contributed by atoms with Gasteiger partial charge in [-0.1, -0.05) is 6.42 Å². The molecule has 3 atom stereocenters. The molecule has 3 rings (SSSR count). The zero-order valence-corrected chi connectivity index (χ0v) is 10.9. The van der Waals surface area contributed by atoms with Crippen LogP contribution in [0.3, 0.4) is 0 Å². The molecule has 4 heteroatoms. The second kappa shape index (κ2) is 5.10. The van der Waals surface area contributed by atoms with Gasteiger partial charge in [0.15, 0.2) is 0 Å². The van der Waals surface area contributed by atoms with Gasteiger partial charge in [0.1, 0.15) is 11.4 Å². The SMILES string of the molecule is O[C@@]12COCC[C@@H]1CCC[C@@H]2Nc1ccc(F)cc1. The first kappa shape index (κ1) is 12.9. The maximum atomic E-state index is 12.9. The molecule has 3 nitrogen and oxygen atoms in total. The molecule has 2 aliphatic rings. The lowest BCUT2D eigenvalue weighted by molar-refractivity contribution is -0.148. The highest BCUT2D eigenvalue weighted by atomic mass is 19.1. The number of aliphatic hydroxyl groups is 1. The Morgan fingerprint density at radius 1 is 1.21 bits per heavy atom. The van der Waals surface area contributed by atoms with Crippen LogP contribution < -0.4 is 5.32 Å². The van der Waals surface area contributed by atoms with Crippen LogP contribution in [0.4, 0.5) is 10.1 Å². The van der Waals surface area contributed by atoms with Gasteiger partial charge in [0.25, 0.3) is 0 Å². The molecule has 0 aromatic heterocycles. The van der Waals surface area contributed by atoms with Crippen molar-refractivity contribution in [3.63, 3.8) is 0 Å². The molecule has 1 aromatic rings. The Hall–Kier alpha value is -1.13. The number of benzene rings is 1. The Morgan fingerprint density at radius 3 is 2.79 bits per heavy atom. The topological polar surface area (TPSA) is 41.5 Å². The quantitative estimate of drug-likeness (QED) is 0.863. The van der Waals surface area contributed by atoms with Gasteiger partial charge in [-0.05, 0) is 49.4 Å². The minimum atomic E-state index is -0.787. The Bertz CT molecular complexity index is 434. The summed E-state index contributed by atoms with van der Waals surface area (Å²) in [5.41, 5.74) is 0.0660. The van der Waals surface area contributed by atoms with Gasteiger partial charge in [-0.3, -0.25) is 0 Å². The van der Waals surface area contributed by atoms with Crippen molar-refractivity contribution in [1.82, 2.24) is 0 Å². The van der Waals surface area contributed by atoms with E-state index in [1.54, 1.807) is 12.1 Å². The molecule has 0 bridgehead atoms. The summed E-state index contributed by atoms with van der Waals surface area (Å²) < 4.78 is 18.4. The number of ether oxygens (including phenoxy) is 1. The number of halogens is 1. The third kappa shape index (κ3) is 2.47. The van der Waals surface area contributed by atoms with Crippen LogP contribution in [0.5, 0.6) is 0 Å². The average molecular weight is 265 g/mol. The maximum absolute atomic E-state index is 12.9. The van der Waals surface area contributed by atoms with Crippen LogP contribution in [0.2, 0.25) is 0 Å². The van der Waals surface area contributed by atoms with Crippen molar-refractivity contribution < 1.29 is 14.2 Å². The third-order valence-corrected chi connectivity index (χ3v) is 4.48. The van der Waals surface area contributed by atoms with Crippen LogP contribution >= 0.6 is 0 Å². The molecule has 1 saturated carbocycles. The van der Waals surface area contributed by atoms with Crippen molar-refractivity contribution in [2.45, 2.75) is 37.3 Å². The van der Waals surface area contributed by atoms with Crippen molar-refractivity contribution in [2.75, 3.05) is 18.5 Å². The second-order valence-electron chi connectivity index (χ2n) is 5.66. The number of hydrogen-bond acceptors (Lipinski definition) is 3. The Balaban J connectivity index is 1.77. The van der Waals surface area contributed by atoms with Crippen LogP contribution in [0, 0.1) is 11.7 Å². The van der Waals surface area contributed by atoms with Crippen LogP contribution in [0.1, 0.15) is 25.7 Å². The molecule has 2 fully saturated rings. The van der Waals surface area contributed by atoms with Gasteiger partial charge in [0, 0.05) is 12.3 Å². The van der Waals surface area contributed by atoms with E-state index in [-0.39, 0.29) is 11.9 Å². The first-order valence-electron chi connectivity index (χ1n) is 7.01. The standard InChI is InChI=1S/C15H20FNO2/c16-12-4-6-13(7-5-12)17-14-3-1-2-11-8-9-19-10-15(11,14)18/h4-7,11,14,17-18H,1-3,8-10H2/t11-,14-,15-/m0/s1. The number of anilines is 1. The Morgan fingerprint density at radius 2 is 2.00 bits per heavy atom. The number of fused-ring (bicyclic) bond motifs is 1. The lowest BCUT2D eigenvalue weighted by Crippen LogP contribution is -2.60. The molecule has 1 saturated heterocycles. The summed E-state index contributed by atoms with van der Waals surface area (Å²) in [4.78, 5) is 0. The predicted molar refractivity (Wildman–Crippen MR) is 71.5 cm³/mol. The molecule has 1 aliphatic carbocycles. The normalized spacial score (nSPS) is 34.6. The summed E-state index contributed by atoms with van der Waals surface area (Å²) >= 11 is 0. The summed E-state index contributed by atoms with van der Waals surface area (Å²) in [6.07, 6.45) is 4.04. The summed E-state index contributed by atoms with van der Waals surface area (Å²) in [5, 5.41) is 14.3. The molecule has 19 heavy (non-hydrogen) atoms. The van der Waals surface area contributed by atoms with Crippen molar-refractivity contribution in [1.29, 1.82) is 0 Å². The van der Waals surface area contributed by atoms with Crippen LogP contribution in [-0.2, 0) is 4.74 Å². The highest BCUT2D eigenvalue weighted by Gasteiger charge is 2.48. The van der Waals surface area contributed by atoms with E-state index in [0.717, 1.165) is 38.0 Å². The smallest absolute Gasteiger partial charge is 0.123 e. The lowest BCUT2D eigenvalue weighted by atomic mass is 9.70. The number of rotatable bonds is 2. The van der Waals surface area contributed by atoms with E-state index in [1.165, 1.54) is 12.1 Å². The summed E-state index contributed by atoms with van der Waals surface area (Å²) in [7, 11) is 0. The number of hydrogen-bond donors (Lipinski definition) is 2. The molecule has 0 radical (unpaired) electrons. The van der Waals surface area contributed by atoms with Gasteiger partial charge < -0.3 is 15.2 Å². The van der Waals surface area contributed by atoms with Crippen molar-refractivity contribution in [3.8, 4) is 0 Å². The Kier molecular flexibility index (Phi) is 3.46. The fourth-order valence-corrected chi connectivity index (χ4v) is 3.37. The summed E-state index contributed by atoms with van der Waals surface area (Å²) in [6.45, 7) is 1.15. The highest BCUT2D eigenvalue weighted by Crippen LogP contribution is 2.40. The van der Waals surface area contributed by atoms with Crippen LogP contribution in [0.15, 0.2) is 24.3 Å². The molecule has 2 N–H and O–H groups in total. The first-order valence-corrected chi connectivity index (χ1v) is 7.01. The van der Waals surface area contributed by atoms with Gasteiger partial charge in [0.2, 0.25) is 0 Å². The Labute approximate surface area is 112 Å². The van der Waals surface area contributed by atoms with Gasteiger partial charge in [-0.15, -0.1) is 0 Å². The van der Waals surface area contributed by atoms with E-state index in [9.17, 15) is 9.50 Å². The molecule has 0 spiro atoms. The van der Waals surface area contributed by atoms with E-state index in [4.69, 9.17) is 4.74 Å². The molecular formula is C15H20FNO2.